The van der Waals surface area contributed by atoms with Gasteiger partial charge >= 0.3 is 6.09 Å². The number of aromatic hydroxyl groups is 1. The average molecular weight is 554 g/mol. The molecule has 8 heteroatoms. The number of imidazole rings is 1. The molecule has 1 aliphatic heterocycles. The van der Waals surface area contributed by atoms with Gasteiger partial charge < -0.3 is 19.1 Å². The number of likely N-dealkylation sites (tertiary alicyclic amines) is 1. The maximum atomic E-state index is 13.2. The number of rotatable bonds is 7. The first-order valence-electron chi connectivity index (χ1n) is 14.8. The summed E-state index contributed by atoms with van der Waals surface area (Å²) in [5, 5.41) is 10.8. The fraction of sp³-hybridized carbons (Fsp3) is 0.677. The van der Waals surface area contributed by atoms with E-state index in [2.05, 4.69) is 30.3 Å². The van der Waals surface area contributed by atoms with Crippen molar-refractivity contribution in [3.8, 4) is 17.0 Å². The third-order valence-electron chi connectivity index (χ3n) is 8.73. The predicted octanol–water partition coefficient (Wildman–Crippen LogP) is 7.30. The zero-order chi connectivity index (χ0) is 28.0. The molecular formula is C31H47N3O4Si. The molecule has 2 aromatic rings. The number of hydrogen-bond donors (Lipinski definition) is 1. The average Bonchev–Trinajstić information content (AvgIpc) is 3.62. The molecule has 5 rings (SSSR count). The first-order chi connectivity index (χ1) is 18.4. The number of hydrogen-bond acceptors (Lipinski definition) is 5. The lowest BCUT2D eigenvalue weighted by atomic mass is 9.83. The zero-order valence-corrected chi connectivity index (χ0v) is 25.8. The first kappa shape index (κ1) is 28.2. The van der Waals surface area contributed by atoms with Crippen molar-refractivity contribution in [3.05, 3.63) is 35.3 Å². The third-order valence-corrected chi connectivity index (χ3v) is 10.4. The minimum absolute atomic E-state index is 0.152. The maximum absolute atomic E-state index is 13.2. The maximum Gasteiger partial charge on any atom is 0.410 e. The fourth-order valence-electron chi connectivity index (χ4n) is 6.73. The highest BCUT2D eigenvalue weighted by atomic mass is 28.3. The van der Waals surface area contributed by atoms with E-state index in [1.807, 2.05) is 37.9 Å². The Morgan fingerprint density at radius 2 is 1.85 bits per heavy atom. The van der Waals surface area contributed by atoms with Crippen molar-refractivity contribution in [3.63, 3.8) is 0 Å². The van der Waals surface area contributed by atoms with E-state index < -0.39 is 13.7 Å². The van der Waals surface area contributed by atoms with Crippen molar-refractivity contribution in [1.29, 1.82) is 0 Å². The van der Waals surface area contributed by atoms with E-state index in [1.54, 1.807) is 0 Å². The number of aromatic nitrogens is 2. The monoisotopic (exact) mass is 553 g/mol. The van der Waals surface area contributed by atoms with E-state index in [0.717, 1.165) is 54.4 Å². The topological polar surface area (TPSA) is 76.8 Å². The van der Waals surface area contributed by atoms with E-state index in [1.165, 1.54) is 31.2 Å². The van der Waals surface area contributed by atoms with Gasteiger partial charge in [-0.05, 0) is 94.0 Å². The molecule has 39 heavy (non-hydrogen) atoms. The van der Waals surface area contributed by atoms with Crippen molar-refractivity contribution in [2.75, 3.05) is 13.2 Å². The van der Waals surface area contributed by atoms with Gasteiger partial charge in [-0.3, -0.25) is 4.90 Å². The smallest absolute Gasteiger partial charge is 0.410 e. The van der Waals surface area contributed by atoms with Crippen LogP contribution in [0.1, 0.15) is 82.3 Å². The molecule has 1 spiro atoms. The van der Waals surface area contributed by atoms with Crippen LogP contribution in [0.15, 0.2) is 18.3 Å². The number of benzene rings is 1. The zero-order valence-electron chi connectivity index (χ0n) is 24.8. The second-order valence-electron chi connectivity index (χ2n) is 14.3. The third kappa shape index (κ3) is 6.07. The van der Waals surface area contributed by atoms with Gasteiger partial charge in [-0.15, -0.1) is 0 Å². The molecule has 2 heterocycles. The summed E-state index contributed by atoms with van der Waals surface area (Å²) in [7, 11) is -1.23. The van der Waals surface area contributed by atoms with Gasteiger partial charge in [0.25, 0.3) is 0 Å². The number of nitrogens with zero attached hydrogens (tertiary/aromatic N) is 3. The Labute approximate surface area is 234 Å². The Hall–Kier alpha value is -2.32. The van der Waals surface area contributed by atoms with Gasteiger partial charge in [-0.1, -0.05) is 32.5 Å². The molecule has 3 aliphatic rings. The van der Waals surface area contributed by atoms with E-state index in [0.29, 0.717) is 25.6 Å². The largest absolute Gasteiger partial charge is 0.508 e. The first-order valence-corrected chi connectivity index (χ1v) is 18.5. The molecule has 0 radical (unpaired) electrons. The summed E-state index contributed by atoms with van der Waals surface area (Å²) < 4.78 is 14.3. The summed E-state index contributed by atoms with van der Waals surface area (Å²) in [6, 6.07) is 4.85. The van der Waals surface area contributed by atoms with Crippen LogP contribution in [-0.4, -0.2) is 52.5 Å². The minimum atomic E-state index is -1.23. The van der Waals surface area contributed by atoms with Crippen LogP contribution in [0.4, 0.5) is 4.79 Å². The van der Waals surface area contributed by atoms with E-state index in [-0.39, 0.29) is 17.6 Å². The molecule has 7 nitrogen and oxygen atoms in total. The van der Waals surface area contributed by atoms with Crippen LogP contribution in [0, 0.1) is 5.41 Å². The highest BCUT2D eigenvalue weighted by molar-refractivity contribution is 6.76. The molecule has 214 valence electrons. The molecule has 1 aromatic carbocycles. The van der Waals surface area contributed by atoms with Crippen molar-refractivity contribution in [2.24, 2.45) is 5.41 Å². The lowest BCUT2D eigenvalue weighted by Gasteiger charge is -2.29. The quantitative estimate of drug-likeness (QED) is 0.288. The van der Waals surface area contributed by atoms with Gasteiger partial charge in [-0.25, -0.2) is 9.78 Å². The van der Waals surface area contributed by atoms with Crippen LogP contribution < -0.4 is 0 Å². The number of amides is 1. The molecule has 0 unspecified atom stereocenters. The fourth-order valence-corrected chi connectivity index (χ4v) is 7.48. The molecule has 1 saturated carbocycles. The Morgan fingerprint density at radius 3 is 2.54 bits per heavy atom. The molecule has 2 aliphatic carbocycles. The van der Waals surface area contributed by atoms with Gasteiger partial charge in [-0.2, -0.15) is 0 Å². The van der Waals surface area contributed by atoms with Gasteiger partial charge in [0.2, 0.25) is 0 Å². The van der Waals surface area contributed by atoms with Crippen LogP contribution in [0.3, 0.4) is 0 Å². The number of carbonyl (C=O) groups is 1. The normalized spacial score (nSPS) is 20.7. The Kier molecular flexibility index (Phi) is 7.65. The molecule has 1 N–H and O–H groups in total. The molecule has 0 bridgehead atoms. The summed E-state index contributed by atoms with van der Waals surface area (Å²) in [4.78, 5) is 19.9. The van der Waals surface area contributed by atoms with Crippen molar-refractivity contribution in [2.45, 2.75) is 116 Å². The van der Waals surface area contributed by atoms with Gasteiger partial charge in [0.05, 0.1) is 17.9 Å². The van der Waals surface area contributed by atoms with Gasteiger partial charge in [0, 0.05) is 26.8 Å². The summed E-state index contributed by atoms with van der Waals surface area (Å²) >= 11 is 0. The minimum Gasteiger partial charge on any atom is -0.508 e. The van der Waals surface area contributed by atoms with Crippen molar-refractivity contribution < 1.29 is 19.4 Å². The van der Waals surface area contributed by atoms with E-state index in [4.69, 9.17) is 14.5 Å². The number of carbonyl (C=O) groups excluding carboxylic acids is 1. The van der Waals surface area contributed by atoms with Gasteiger partial charge in [0.1, 0.15) is 23.9 Å². The van der Waals surface area contributed by atoms with E-state index >= 15 is 0 Å². The Balaban J connectivity index is 1.50. The number of phenolic OH excluding ortho intramolecular Hbond substituents is 1. The van der Waals surface area contributed by atoms with Crippen molar-refractivity contribution >= 4 is 14.2 Å². The Bertz CT molecular complexity index is 1200. The van der Waals surface area contributed by atoms with Crippen LogP contribution in [0.5, 0.6) is 5.75 Å². The van der Waals surface area contributed by atoms with Crippen LogP contribution >= 0.6 is 0 Å². The lowest BCUT2D eigenvalue weighted by molar-refractivity contribution is 0.0204. The summed E-state index contributed by atoms with van der Waals surface area (Å²) in [5.41, 5.74) is 4.27. The molecule has 1 aromatic heterocycles. The van der Waals surface area contributed by atoms with Crippen LogP contribution in [-0.2, 0) is 29.0 Å². The SMILES string of the molecule is CC(C)(C)OC(=O)N1CCC[C@H]1c1ncc(-c2ccc(O)c3c2CC2(CCCC2)C3)n1COCC[Si](C)(C)C. The highest BCUT2D eigenvalue weighted by Gasteiger charge is 2.42. The number of fused-ring (bicyclic) bond motifs is 1. The van der Waals surface area contributed by atoms with Crippen LogP contribution in [0.25, 0.3) is 11.3 Å². The second-order valence-corrected chi connectivity index (χ2v) is 19.9. The molecule has 1 amide bonds. The number of phenols is 1. The lowest BCUT2D eigenvalue weighted by Crippen LogP contribution is -2.37. The van der Waals surface area contributed by atoms with E-state index in [9.17, 15) is 9.90 Å². The standard InChI is InChI=1S/C31H47N3O4Si/c1-30(2,3)38-29(36)33-15-9-10-25(33)28-32-20-26(34(28)21-37-16-17-39(4,5)6)22-11-12-27(35)24-19-31(18-23(22)24)13-7-8-14-31/h11-12,20,25,35H,7-10,13-19,21H2,1-6H3/t25-/m0/s1. The number of ether oxygens (including phenoxy) is 2. The van der Waals surface area contributed by atoms with Crippen LogP contribution in [0.2, 0.25) is 25.7 Å². The molecule has 2 fully saturated rings. The highest BCUT2D eigenvalue weighted by Crippen LogP contribution is 2.53. The molecule has 1 saturated heterocycles. The summed E-state index contributed by atoms with van der Waals surface area (Å²) in [6.07, 6.45) is 10.4. The van der Waals surface area contributed by atoms with Crippen molar-refractivity contribution in [1.82, 2.24) is 14.5 Å². The molecular weight excluding hydrogens is 506 g/mol. The second kappa shape index (κ2) is 10.6. The summed E-state index contributed by atoms with van der Waals surface area (Å²) in [5.74, 6) is 1.28. The van der Waals surface area contributed by atoms with Gasteiger partial charge in [0.15, 0.2) is 0 Å². The molecule has 1 atom stereocenters. The summed E-state index contributed by atoms with van der Waals surface area (Å²) in [6.45, 7) is 14.6. The Morgan fingerprint density at radius 1 is 1.13 bits per heavy atom. The predicted molar refractivity (Wildman–Crippen MR) is 157 cm³/mol.